The zero-order valence-electron chi connectivity index (χ0n) is 14.3. The van der Waals surface area contributed by atoms with Crippen molar-refractivity contribution in [3.63, 3.8) is 0 Å². The molecule has 1 N–H and O–H groups in total. The van der Waals surface area contributed by atoms with E-state index in [9.17, 15) is 9.59 Å². The van der Waals surface area contributed by atoms with Crippen LogP contribution in [0, 0.1) is 0 Å². The number of hydrogen-bond donors (Lipinski definition) is 1. The van der Waals surface area contributed by atoms with E-state index in [0.717, 1.165) is 24.3 Å². The predicted octanol–water partition coefficient (Wildman–Crippen LogP) is 2.78. The molecule has 1 fully saturated rings. The summed E-state index contributed by atoms with van der Waals surface area (Å²) in [6.45, 7) is 1.43. The molecule has 0 unspecified atom stereocenters. The Labute approximate surface area is 156 Å². The summed E-state index contributed by atoms with van der Waals surface area (Å²) in [5.74, 6) is -0.198. The molecule has 7 heteroatoms. The molecule has 26 heavy (non-hydrogen) atoms. The smallest absolute Gasteiger partial charge is 0.338 e. The van der Waals surface area contributed by atoms with Crippen molar-refractivity contribution >= 4 is 23.2 Å². The first-order valence-corrected chi connectivity index (χ1v) is 9.39. The van der Waals surface area contributed by atoms with Crippen molar-refractivity contribution in [3.8, 4) is 5.75 Å². The van der Waals surface area contributed by atoms with Gasteiger partial charge in [0.1, 0.15) is 12.4 Å². The van der Waals surface area contributed by atoms with Crippen LogP contribution >= 0.6 is 11.3 Å². The summed E-state index contributed by atoms with van der Waals surface area (Å²) >= 11 is 1.56. The van der Waals surface area contributed by atoms with E-state index in [2.05, 4.69) is 5.32 Å². The molecular formula is C19H21NO5S. The van der Waals surface area contributed by atoms with Crippen molar-refractivity contribution < 1.29 is 23.8 Å². The molecular weight excluding hydrogens is 354 g/mol. The van der Waals surface area contributed by atoms with Crippen LogP contribution < -0.4 is 10.1 Å². The fourth-order valence-electron chi connectivity index (χ4n) is 2.52. The third-order valence-corrected chi connectivity index (χ3v) is 4.80. The fraction of sp³-hybridized carbons (Fsp3) is 0.368. The summed E-state index contributed by atoms with van der Waals surface area (Å²) < 4.78 is 16.2. The molecule has 3 rings (SSSR count). The maximum absolute atomic E-state index is 12.0. The Morgan fingerprint density at radius 2 is 2.08 bits per heavy atom. The van der Waals surface area contributed by atoms with Gasteiger partial charge < -0.3 is 19.5 Å². The molecule has 0 saturated carbocycles. The first kappa shape index (κ1) is 18.4. The lowest BCUT2D eigenvalue weighted by Crippen LogP contribution is -2.28. The van der Waals surface area contributed by atoms with Gasteiger partial charge in [-0.2, -0.15) is 0 Å². The highest BCUT2D eigenvalue weighted by Crippen LogP contribution is 2.17. The lowest BCUT2D eigenvalue weighted by atomic mass is 10.2. The fourth-order valence-corrected chi connectivity index (χ4v) is 3.16. The molecule has 6 nitrogen and oxygen atoms in total. The topological polar surface area (TPSA) is 73.9 Å². The molecule has 1 saturated heterocycles. The van der Waals surface area contributed by atoms with Crippen molar-refractivity contribution in [2.75, 3.05) is 19.8 Å². The van der Waals surface area contributed by atoms with Crippen LogP contribution in [0.15, 0.2) is 41.8 Å². The summed E-state index contributed by atoms with van der Waals surface area (Å²) in [7, 11) is 0. The SMILES string of the molecule is O=C(COC(=O)c1ccc(OC[C@@H]2CCCO2)cc1)NCc1cccs1. The van der Waals surface area contributed by atoms with Crippen LogP contribution in [0.1, 0.15) is 28.1 Å². The molecule has 138 valence electrons. The lowest BCUT2D eigenvalue weighted by molar-refractivity contribution is -0.124. The molecule has 0 aliphatic carbocycles. The summed E-state index contributed by atoms with van der Waals surface area (Å²) in [5.41, 5.74) is 0.375. The number of nitrogens with one attached hydrogen (secondary N) is 1. The highest BCUT2D eigenvalue weighted by molar-refractivity contribution is 7.09. The van der Waals surface area contributed by atoms with E-state index >= 15 is 0 Å². The highest BCUT2D eigenvalue weighted by Gasteiger charge is 2.16. The average Bonchev–Trinajstić information content (AvgIpc) is 3.37. The number of esters is 1. The number of thiophene rings is 1. The molecule has 1 aliphatic rings. The van der Waals surface area contributed by atoms with Crippen LogP contribution in [0.3, 0.4) is 0 Å². The lowest BCUT2D eigenvalue weighted by Gasteiger charge is -2.11. The Morgan fingerprint density at radius 3 is 2.77 bits per heavy atom. The van der Waals surface area contributed by atoms with Crippen LogP contribution in [0.4, 0.5) is 0 Å². The first-order valence-electron chi connectivity index (χ1n) is 8.51. The van der Waals surface area contributed by atoms with Crippen LogP contribution in [0.25, 0.3) is 0 Å². The van der Waals surface area contributed by atoms with Crippen LogP contribution in [0.5, 0.6) is 5.75 Å². The summed E-state index contributed by atoms with van der Waals surface area (Å²) in [6.07, 6.45) is 2.23. The minimum Gasteiger partial charge on any atom is -0.491 e. The summed E-state index contributed by atoms with van der Waals surface area (Å²) in [6, 6.07) is 10.5. The standard InChI is InChI=1S/C19H21NO5S/c21-18(20-11-17-4-2-10-26-17)13-25-19(22)14-5-7-15(8-6-14)24-12-16-3-1-9-23-16/h2,4-8,10,16H,1,3,9,11-13H2,(H,20,21)/t16-/m0/s1. The number of carbonyl (C=O) groups is 2. The Balaban J connectivity index is 1.38. The zero-order chi connectivity index (χ0) is 18.2. The predicted molar refractivity (Wildman–Crippen MR) is 97.4 cm³/mol. The van der Waals surface area contributed by atoms with Gasteiger partial charge in [0.2, 0.25) is 0 Å². The largest absolute Gasteiger partial charge is 0.491 e. The van der Waals surface area contributed by atoms with Crippen LogP contribution in [-0.2, 0) is 20.8 Å². The molecule has 1 aromatic carbocycles. The molecule has 1 amide bonds. The number of carbonyl (C=O) groups excluding carboxylic acids is 2. The molecule has 2 aromatic rings. The number of rotatable bonds is 8. The van der Waals surface area contributed by atoms with Gasteiger partial charge in [0, 0.05) is 11.5 Å². The Morgan fingerprint density at radius 1 is 1.23 bits per heavy atom. The van der Waals surface area contributed by atoms with Crippen LogP contribution in [0.2, 0.25) is 0 Å². The van der Waals surface area contributed by atoms with E-state index < -0.39 is 5.97 Å². The highest BCUT2D eigenvalue weighted by atomic mass is 32.1. The monoisotopic (exact) mass is 375 g/mol. The minimum absolute atomic E-state index is 0.146. The maximum Gasteiger partial charge on any atom is 0.338 e. The van der Waals surface area contributed by atoms with Crippen molar-refractivity contribution in [2.45, 2.75) is 25.5 Å². The van der Waals surface area contributed by atoms with Gasteiger partial charge in [0.05, 0.1) is 18.2 Å². The van der Waals surface area contributed by atoms with E-state index in [1.807, 2.05) is 17.5 Å². The Hall–Kier alpha value is -2.38. The average molecular weight is 375 g/mol. The van der Waals surface area contributed by atoms with Crippen molar-refractivity contribution in [2.24, 2.45) is 0 Å². The second kappa shape index (κ2) is 9.35. The number of amides is 1. The van der Waals surface area contributed by atoms with Gasteiger partial charge in [0.15, 0.2) is 6.61 Å². The minimum atomic E-state index is -0.540. The third-order valence-electron chi connectivity index (χ3n) is 3.92. The van der Waals surface area contributed by atoms with Gasteiger partial charge in [-0.15, -0.1) is 11.3 Å². The Kier molecular flexibility index (Phi) is 6.62. The van der Waals surface area contributed by atoms with E-state index in [1.54, 1.807) is 35.6 Å². The molecule has 0 bridgehead atoms. The molecule has 1 aromatic heterocycles. The second-order valence-corrected chi connectivity index (χ2v) is 6.93. The molecule has 1 aliphatic heterocycles. The number of ether oxygens (including phenoxy) is 3. The summed E-state index contributed by atoms with van der Waals surface area (Å²) in [4.78, 5) is 24.8. The second-order valence-electron chi connectivity index (χ2n) is 5.90. The van der Waals surface area contributed by atoms with Gasteiger partial charge in [-0.1, -0.05) is 6.07 Å². The zero-order valence-corrected chi connectivity index (χ0v) is 15.1. The number of benzene rings is 1. The van der Waals surface area contributed by atoms with Gasteiger partial charge in [-0.25, -0.2) is 4.79 Å². The van der Waals surface area contributed by atoms with E-state index in [4.69, 9.17) is 14.2 Å². The van der Waals surface area contributed by atoms with Crippen molar-refractivity contribution in [1.29, 1.82) is 0 Å². The van der Waals surface area contributed by atoms with Gasteiger partial charge in [-0.3, -0.25) is 4.79 Å². The number of hydrogen-bond acceptors (Lipinski definition) is 6. The molecule has 1 atom stereocenters. The van der Waals surface area contributed by atoms with Crippen LogP contribution in [-0.4, -0.2) is 37.8 Å². The van der Waals surface area contributed by atoms with Gasteiger partial charge >= 0.3 is 5.97 Å². The van der Waals surface area contributed by atoms with Crippen molar-refractivity contribution in [3.05, 3.63) is 52.2 Å². The molecule has 0 spiro atoms. The van der Waals surface area contributed by atoms with Gasteiger partial charge in [-0.05, 0) is 48.6 Å². The first-order chi connectivity index (χ1) is 12.7. The van der Waals surface area contributed by atoms with E-state index in [1.165, 1.54) is 0 Å². The molecule has 0 radical (unpaired) electrons. The summed E-state index contributed by atoms with van der Waals surface area (Å²) in [5, 5.41) is 4.65. The normalized spacial score (nSPS) is 16.2. The molecule has 2 heterocycles. The quantitative estimate of drug-likeness (QED) is 0.718. The maximum atomic E-state index is 12.0. The van der Waals surface area contributed by atoms with Crippen molar-refractivity contribution in [1.82, 2.24) is 5.32 Å². The Bertz CT molecular complexity index is 708. The van der Waals surface area contributed by atoms with E-state index in [-0.39, 0.29) is 18.6 Å². The van der Waals surface area contributed by atoms with Gasteiger partial charge in [0.25, 0.3) is 5.91 Å². The third kappa shape index (κ3) is 5.57. The van der Waals surface area contributed by atoms with E-state index in [0.29, 0.717) is 24.5 Å².